The van der Waals surface area contributed by atoms with E-state index in [2.05, 4.69) is 9.17 Å². The molecule has 23 heavy (non-hydrogen) atoms. The molecule has 0 radical (unpaired) electrons. The molecule has 0 spiro atoms. The molecule has 0 saturated heterocycles. The molecule has 0 fully saturated rings. The van der Waals surface area contributed by atoms with E-state index in [1.54, 1.807) is 6.26 Å². The third-order valence-electron chi connectivity index (χ3n) is 2.56. The van der Waals surface area contributed by atoms with Gasteiger partial charge in [0.05, 0.1) is 5.69 Å². The second kappa shape index (κ2) is 5.72. The molecule has 0 aliphatic heterocycles. The van der Waals surface area contributed by atoms with E-state index in [1.807, 2.05) is 0 Å². The monoisotopic (exact) mass is 387 g/mol. The number of amides is 1. The zero-order valence-corrected chi connectivity index (χ0v) is 13.6. The van der Waals surface area contributed by atoms with E-state index < -0.39 is 27.4 Å². The summed E-state index contributed by atoms with van der Waals surface area (Å²) in [6.45, 7) is 0. The average Bonchev–Trinajstić information content (AvgIpc) is 2.73. The third kappa shape index (κ3) is 3.16. The summed E-state index contributed by atoms with van der Waals surface area (Å²) in [7, 11) is -5.85. The first-order valence-electron chi connectivity index (χ1n) is 5.55. The lowest BCUT2D eigenvalue weighted by Crippen LogP contribution is -2.28. The Morgan fingerprint density at radius 2 is 2.04 bits per heavy atom. The van der Waals surface area contributed by atoms with Crippen LogP contribution in [0.3, 0.4) is 0 Å². The minimum atomic E-state index is -5.85. The number of nitrogen functional groups attached to an aromatic ring is 1. The van der Waals surface area contributed by atoms with Gasteiger partial charge in [-0.3, -0.25) is 4.79 Å². The molecule has 2 rings (SSSR count). The number of hydrogen-bond acceptors (Lipinski definition) is 8. The van der Waals surface area contributed by atoms with Gasteiger partial charge in [-0.05, 0) is 6.26 Å². The zero-order valence-electron chi connectivity index (χ0n) is 11.2. The molecule has 0 saturated carbocycles. The number of halogens is 3. The maximum atomic E-state index is 12.4. The summed E-state index contributed by atoms with van der Waals surface area (Å²) in [6.07, 6.45) is 1.58. The Bertz CT molecular complexity index is 892. The smallest absolute Gasteiger partial charge is 0.397 e. The van der Waals surface area contributed by atoms with Gasteiger partial charge in [0.1, 0.15) is 9.71 Å². The molecule has 0 unspecified atom stereocenters. The van der Waals surface area contributed by atoms with Crippen molar-refractivity contribution in [3.63, 3.8) is 0 Å². The van der Waals surface area contributed by atoms with Crippen molar-refractivity contribution in [1.29, 1.82) is 0 Å². The molecule has 4 N–H and O–H groups in total. The molecule has 0 atom stereocenters. The lowest BCUT2D eigenvalue weighted by atomic mass is 10.2. The molecule has 13 heteroatoms. The summed E-state index contributed by atoms with van der Waals surface area (Å²) in [6, 6.07) is 0.990. The maximum Gasteiger partial charge on any atom is 0.534 e. The van der Waals surface area contributed by atoms with Crippen LogP contribution in [0.1, 0.15) is 9.67 Å². The van der Waals surface area contributed by atoms with Crippen molar-refractivity contribution >= 4 is 55.0 Å². The lowest BCUT2D eigenvalue weighted by Gasteiger charge is -2.09. The molecule has 126 valence electrons. The van der Waals surface area contributed by atoms with Crippen molar-refractivity contribution in [3.8, 4) is 5.88 Å². The van der Waals surface area contributed by atoms with Crippen LogP contribution in [0.15, 0.2) is 11.0 Å². The normalized spacial score (nSPS) is 12.5. The first kappa shape index (κ1) is 17.6. The van der Waals surface area contributed by atoms with E-state index in [0.717, 1.165) is 29.2 Å². The van der Waals surface area contributed by atoms with Gasteiger partial charge in [-0.15, -0.1) is 23.1 Å². The van der Waals surface area contributed by atoms with Gasteiger partial charge in [0.2, 0.25) is 5.88 Å². The number of thioether (sulfide) groups is 1. The van der Waals surface area contributed by atoms with Crippen LogP contribution < -0.4 is 15.7 Å². The third-order valence-corrected chi connectivity index (χ3v) is 5.39. The number of primary amides is 1. The Morgan fingerprint density at radius 1 is 1.43 bits per heavy atom. The van der Waals surface area contributed by atoms with E-state index >= 15 is 0 Å². The van der Waals surface area contributed by atoms with Crippen LogP contribution >= 0.6 is 23.1 Å². The maximum absolute atomic E-state index is 12.4. The Labute approximate surface area is 135 Å². The predicted octanol–water partition coefficient (Wildman–Crippen LogP) is 1.93. The van der Waals surface area contributed by atoms with Crippen LogP contribution in [-0.2, 0) is 10.1 Å². The number of nitrogens with zero attached hydrogens (tertiary/aromatic N) is 1. The molecule has 0 aromatic carbocycles. The standard InChI is InChI=1S/C10H8F3N3O4S3/c1-21-3-2-4(20-23(18,19)10(11,12)13)16-9-5(3)6(14)7(22-9)8(15)17/h2H,14H2,1H3,(H2,15,17). The van der Waals surface area contributed by atoms with E-state index in [9.17, 15) is 26.4 Å². The fraction of sp³-hybridized carbons (Fsp3) is 0.200. The van der Waals surface area contributed by atoms with Gasteiger partial charge in [-0.1, -0.05) is 0 Å². The predicted molar refractivity (Wildman–Crippen MR) is 79.9 cm³/mol. The van der Waals surface area contributed by atoms with Crippen LogP contribution in [0.5, 0.6) is 5.88 Å². The summed E-state index contributed by atoms with van der Waals surface area (Å²) >= 11 is 1.79. The van der Waals surface area contributed by atoms with Gasteiger partial charge in [0, 0.05) is 16.3 Å². The molecule has 2 aromatic heterocycles. The Hall–Kier alpha value is -1.73. The summed E-state index contributed by atoms with van der Waals surface area (Å²) < 4.78 is 63.2. The van der Waals surface area contributed by atoms with Crippen molar-refractivity contribution in [2.45, 2.75) is 10.4 Å². The van der Waals surface area contributed by atoms with E-state index in [0.29, 0.717) is 10.3 Å². The van der Waals surface area contributed by atoms with Crippen molar-refractivity contribution in [2.24, 2.45) is 5.73 Å². The minimum absolute atomic E-state index is 0.0274. The van der Waals surface area contributed by atoms with Crippen molar-refractivity contribution in [1.82, 2.24) is 4.98 Å². The molecule has 0 bridgehead atoms. The van der Waals surface area contributed by atoms with Crippen LogP contribution in [0.2, 0.25) is 0 Å². The number of anilines is 1. The summed E-state index contributed by atoms with van der Waals surface area (Å²) in [5.74, 6) is -1.61. The van der Waals surface area contributed by atoms with Crippen LogP contribution in [-0.4, -0.2) is 31.1 Å². The molecule has 7 nitrogen and oxygen atoms in total. The summed E-state index contributed by atoms with van der Waals surface area (Å²) in [5.41, 5.74) is 5.37. The highest BCUT2D eigenvalue weighted by Crippen LogP contribution is 2.40. The van der Waals surface area contributed by atoms with E-state index in [4.69, 9.17) is 11.5 Å². The van der Waals surface area contributed by atoms with Crippen LogP contribution in [0, 0.1) is 0 Å². The molecule has 2 heterocycles. The number of aromatic nitrogens is 1. The number of carbonyl (C=O) groups is 1. The number of thiophene rings is 1. The molecule has 1 amide bonds. The number of rotatable bonds is 4. The second-order valence-electron chi connectivity index (χ2n) is 4.04. The van der Waals surface area contributed by atoms with Crippen molar-refractivity contribution < 1.29 is 30.6 Å². The van der Waals surface area contributed by atoms with Gasteiger partial charge in [0.25, 0.3) is 5.91 Å². The summed E-state index contributed by atoms with van der Waals surface area (Å²) in [4.78, 5) is 15.2. The van der Waals surface area contributed by atoms with E-state index in [1.165, 1.54) is 0 Å². The number of hydrogen-bond donors (Lipinski definition) is 2. The SMILES string of the molecule is CSc1cc(OS(=O)(=O)C(F)(F)F)nc2sc(C(N)=O)c(N)c12. The lowest BCUT2D eigenvalue weighted by molar-refractivity contribution is -0.0501. The molecule has 0 aliphatic carbocycles. The first-order chi connectivity index (χ1) is 10.5. The number of carbonyl (C=O) groups excluding carboxylic acids is 1. The average molecular weight is 387 g/mol. The molecule has 0 aliphatic rings. The Kier molecular flexibility index (Phi) is 4.38. The highest BCUT2D eigenvalue weighted by molar-refractivity contribution is 7.98. The molecular weight excluding hydrogens is 379 g/mol. The topological polar surface area (TPSA) is 125 Å². The van der Waals surface area contributed by atoms with Crippen molar-refractivity contribution in [2.75, 3.05) is 12.0 Å². The zero-order chi connectivity index (χ0) is 17.6. The largest absolute Gasteiger partial charge is 0.534 e. The highest BCUT2D eigenvalue weighted by Gasteiger charge is 2.49. The fourth-order valence-corrected chi connectivity index (χ4v) is 3.67. The Morgan fingerprint density at radius 3 is 2.52 bits per heavy atom. The quantitative estimate of drug-likeness (QED) is 0.466. The number of alkyl halides is 3. The van der Waals surface area contributed by atoms with Gasteiger partial charge in [-0.2, -0.15) is 21.6 Å². The molecular formula is C10H8F3N3O4S3. The van der Waals surface area contributed by atoms with Gasteiger partial charge >= 0.3 is 15.6 Å². The van der Waals surface area contributed by atoms with Gasteiger partial charge < -0.3 is 15.7 Å². The fourth-order valence-electron chi connectivity index (χ4n) is 1.61. The molecule has 2 aromatic rings. The van der Waals surface area contributed by atoms with Crippen molar-refractivity contribution in [3.05, 3.63) is 10.9 Å². The van der Waals surface area contributed by atoms with Gasteiger partial charge in [-0.25, -0.2) is 4.98 Å². The minimum Gasteiger partial charge on any atom is -0.397 e. The summed E-state index contributed by atoms with van der Waals surface area (Å²) in [5, 5.41) is 0.299. The highest BCUT2D eigenvalue weighted by atomic mass is 32.2. The van der Waals surface area contributed by atoms with Gasteiger partial charge in [0.15, 0.2) is 0 Å². The van der Waals surface area contributed by atoms with Crippen LogP contribution in [0.4, 0.5) is 18.9 Å². The van der Waals surface area contributed by atoms with Crippen LogP contribution in [0.25, 0.3) is 10.2 Å². The van der Waals surface area contributed by atoms with E-state index in [-0.39, 0.29) is 15.4 Å². The number of fused-ring (bicyclic) bond motifs is 1. The first-order valence-corrected chi connectivity index (χ1v) is 9.00. The Balaban J connectivity index is 2.63. The number of nitrogens with two attached hydrogens (primary N) is 2. The number of pyridine rings is 1. The second-order valence-corrected chi connectivity index (χ2v) is 7.42.